The zero-order valence-electron chi connectivity index (χ0n) is 8.03. The Labute approximate surface area is 77.2 Å². The summed E-state index contributed by atoms with van der Waals surface area (Å²) in [7, 11) is 0. The van der Waals surface area contributed by atoms with Gasteiger partial charge in [-0.05, 0) is 20.8 Å². The van der Waals surface area contributed by atoms with Crippen LogP contribution in [-0.2, 0) is 14.3 Å². The van der Waals surface area contributed by atoms with Crippen LogP contribution >= 0.6 is 0 Å². The van der Waals surface area contributed by atoms with E-state index >= 15 is 0 Å². The lowest BCUT2D eigenvalue weighted by atomic mass is 9.95. The lowest BCUT2D eigenvalue weighted by Crippen LogP contribution is -2.30. The second kappa shape index (κ2) is 4.64. The molecular formula is C9H14O4. The van der Waals surface area contributed by atoms with Crippen molar-refractivity contribution in [3.05, 3.63) is 12.2 Å². The molecule has 0 aliphatic heterocycles. The summed E-state index contributed by atoms with van der Waals surface area (Å²) >= 11 is 0. The van der Waals surface area contributed by atoms with E-state index in [-0.39, 0.29) is 6.61 Å². The Kier molecular flexibility index (Phi) is 4.17. The quantitative estimate of drug-likeness (QED) is 0.529. The van der Waals surface area contributed by atoms with Gasteiger partial charge >= 0.3 is 11.9 Å². The monoisotopic (exact) mass is 186 g/mol. The lowest BCUT2D eigenvalue weighted by Gasteiger charge is -2.17. The highest BCUT2D eigenvalue weighted by Gasteiger charge is 2.28. The molecule has 0 aliphatic rings. The van der Waals surface area contributed by atoms with E-state index in [9.17, 15) is 9.59 Å². The Morgan fingerprint density at radius 1 is 1.46 bits per heavy atom. The average molecular weight is 186 g/mol. The normalized spacial score (nSPS) is 11.6. The van der Waals surface area contributed by atoms with Crippen LogP contribution in [0.2, 0.25) is 0 Å². The van der Waals surface area contributed by atoms with Crippen molar-refractivity contribution < 1.29 is 19.4 Å². The molecule has 74 valence electrons. The second-order valence-electron chi connectivity index (χ2n) is 3.30. The summed E-state index contributed by atoms with van der Waals surface area (Å²) in [4.78, 5) is 21.4. The summed E-state index contributed by atoms with van der Waals surface area (Å²) in [5.41, 5.74) is -1.03. The predicted molar refractivity (Wildman–Crippen MR) is 47.2 cm³/mol. The average Bonchev–Trinajstić information content (AvgIpc) is 2.01. The fourth-order valence-corrected chi connectivity index (χ4v) is 0.497. The van der Waals surface area contributed by atoms with E-state index in [0.29, 0.717) is 0 Å². The van der Waals surface area contributed by atoms with Crippen molar-refractivity contribution in [1.82, 2.24) is 0 Å². The summed E-state index contributed by atoms with van der Waals surface area (Å²) in [6.45, 7) is 4.56. The molecule has 4 heteroatoms. The molecule has 0 heterocycles. The number of esters is 1. The SMILES string of the molecule is CC=CC(=O)OCC(C)(C)C(=O)O. The van der Waals surface area contributed by atoms with E-state index in [2.05, 4.69) is 0 Å². The smallest absolute Gasteiger partial charge is 0.330 e. The van der Waals surface area contributed by atoms with E-state index in [1.54, 1.807) is 6.92 Å². The van der Waals surface area contributed by atoms with Crippen molar-refractivity contribution in [3.63, 3.8) is 0 Å². The van der Waals surface area contributed by atoms with E-state index < -0.39 is 17.4 Å². The van der Waals surface area contributed by atoms with Crippen molar-refractivity contribution >= 4 is 11.9 Å². The molecule has 0 radical (unpaired) electrons. The third kappa shape index (κ3) is 4.30. The Bertz CT molecular complexity index is 228. The van der Waals surface area contributed by atoms with Crippen LogP contribution in [-0.4, -0.2) is 23.7 Å². The fourth-order valence-electron chi connectivity index (χ4n) is 0.497. The minimum absolute atomic E-state index is 0.120. The van der Waals surface area contributed by atoms with Gasteiger partial charge in [0.05, 0.1) is 5.41 Å². The Morgan fingerprint density at radius 2 is 2.00 bits per heavy atom. The maximum Gasteiger partial charge on any atom is 0.330 e. The summed E-state index contributed by atoms with van der Waals surface area (Å²) in [5.74, 6) is -1.50. The van der Waals surface area contributed by atoms with E-state index in [4.69, 9.17) is 9.84 Å². The molecule has 0 saturated heterocycles. The molecule has 4 nitrogen and oxygen atoms in total. The lowest BCUT2D eigenvalue weighted by molar-refractivity contribution is -0.154. The Morgan fingerprint density at radius 3 is 2.38 bits per heavy atom. The van der Waals surface area contributed by atoms with Gasteiger partial charge in [0.25, 0.3) is 0 Å². The van der Waals surface area contributed by atoms with Gasteiger partial charge in [-0.25, -0.2) is 4.79 Å². The van der Waals surface area contributed by atoms with Gasteiger partial charge in [0.1, 0.15) is 6.61 Å². The van der Waals surface area contributed by atoms with Crippen molar-refractivity contribution in [2.75, 3.05) is 6.61 Å². The number of carbonyl (C=O) groups is 2. The van der Waals surface area contributed by atoms with Crippen LogP contribution in [0.15, 0.2) is 12.2 Å². The summed E-state index contributed by atoms with van der Waals surface area (Å²) in [6.07, 6.45) is 2.79. The van der Waals surface area contributed by atoms with Gasteiger partial charge in [-0.3, -0.25) is 4.79 Å². The summed E-state index contributed by atoms with van der Waals surface area (Å²) < 4.78 is 4.70. The van der Waals surface area contributed by atoms with E-state index in [0.717, 1.165) is 0 Å². The Balaban J connectivity index is 4.02. The van der Waals surface area contributed by atoms with Gasteiger partial charge in [-0.2, -0.15) is 0 Å². The molecule has 0 atom stereocenters. The molecular weight excluding hydrogens is 172 g/mol. The van der Waals surface area contributed by atoms with Crippen LogP contribution in [0.5, 0.6) is 0 Å². The van der Waals surface area contributed by atoms with Gasteiger partial charge in [0.2, 0.25) is 0 Å². The van der Waals surface area contributed by atoms with Gasteiger partial charge in [-0.15, -0.1) is 0 Å². The van der Waals surface area contributed by atoms with Crippen LogP contribution in [0.3, 0.4) is 0 Å². The highest BCUT2D eigenvalue weighted by molar-refractivity contribution is 5.82. The number of rotatable bonds is 4. The van der Waals surface area contributed by atoms with Gasteiger partial charge in [-0.1, -0.05) is 6.08 Å². The number of hydrogen-bond acceptors (Lipinski definition) is 3. The number of hydrogen-bond donors (Lipinski definition) is 1. The van der Waals surface area contributed by atoms with Crippen molar-refractivity contribution in [1.29, 1.82) is 0 Å². The highest BCUT2D eigenvalue weighted by Crippen LogP contribution is 2.15. The third-order valence-electron chi connectivity index (χ3n) is 1.46. The van der Waals surface area contributed by atoms with Crippen LogP contribution in [0.25, 0.3) is 0 Å². The number of carbonyl (C=O) groups excluding carboxylic acids is 1. The number of ether oxygens (including phenoxy) is 1. The van der Waals surface area contributed by atoms with Crippen LogP contribution in [0.4, 0.5) is 0 Å². The maximum absolute atomic E-state index is 10.8. The minimum atomic E-state index is -1.03. The first-order chi connectivity index (χ1) is 5.90. The highest BCUT2D eigenvalue weighted by atomic mass is 16.5. The zero-order chi connectivity index (χ0) is 10.5. The maximum atomic E-state index is 10.8. The van der Waals surface area contributed by atoms with Gasteiger partial charge in [0.15, 0.2) is 0 Å². The summed E-state index contributed by atoms with van der Waals surface area (Å²) in [5, 5.41) is 8.67. The van der Waals surface area contributed by atoms with Crippen LogP contribution in [0, 0.1) is 5.41 Å². The molecule has 0 aromatic rings. The third-order valence-corrected chi connectivity index (χ3v) is 1.46. The largest absolute Gasteiger partial charge is 0.481 e. The predicted octanol–water partition coefficient (Wildman–Crippen LogP) is 1.22. The minimum Gasteiger partial charge on any atom is -0.481 e. The molecule has 0 saturated carbocycles. The molecule has 0 rings (SSSR count). The molecule has 1 N–H and O–H groups in total. The summed E-state index contributed by atoms with van der Waals surface area (Å²) in [6, 6.07) is 0. The Hall–Kier alpha value is -1.32. The molecule has 0 bridgehead atoms. The van der Waals surface area contributed by atoms with Crippen LogP contribution < -0.4 is 0 Å². The van der Waals surface area contributed by atoms with E-state index in [1.807, 2.05) is 0 Å². The molecule has 0 aliphatic carbocycles. The van der Waals surface area contributed by atoms with Gasteiger partial charge in [0, 0.05) is 6.08 Å². The first-order valence-electron chi connectivity index (χ1n) is 3.93. The molecule has 0 aromatic heterocycles. The van der Waals surface area contributed by atoms with Crippen molar-refractivity contribution in [2.45, 2.75) is 20.8 Å². The standard InChI is InChI=1S/C9H14O4/c1-4-5-7(10)13-6-9(2,3)8(11)12/h4-5H,6H2,1-3H3,(H,11,12). The van der Waals surface area contributed by atoms with Crippen LogP contribution in [0.1, 0.15) is 20.8 Å². The van der Waals surface area contributed by atoms with E-state index in [1.165, 1.54) is 26.0 Å². The first kappa shape index (κ1) is 11.7. The molecule has 0 spiro atoms. The second-order valence-corrected chi connectivity index (χ2v) is 3.30. The molecule has 0 unspecified atom stereocenters. The number of aliphatic carboxylic acids is 1. The van der Waals surface area contributed by atoms with Gasteiger partial charge < -0.3 is 9.84 Å². The van der Waals surface area contributed by atoms with Crippen molar-refractivity contribution in [3.8, 4) is 0 Å². The van der Waals surface area contributed by atoms with Crippen molar-refractivity contribution in [2.24, 2.45) is 5.41 Å². The molecule has 0 fully saturated rings. The number of allylic oxidation sites excluding steroid dienone is 1. The number of carboxylic acid groups (broad SMARTS) is 1. The zero-order valence-corrected chi connectivity index (χ0v) is 8.03. The fraction of sp³-hybridized carbons (Fsp3) is 0.556. The first-order valence-corrected chi connectivity index (χ1v) is 3.93. The topological polar surface area (TPSA) is 63.6 Å². The molecule has 13 heavy (non-hydrogen) atoms. The molecule has 0 amide bonds. The molecule has 0 aromatic carbocycles. The number of carboxylic acids is 1.